The lowest BCUT2D eigenvalue weighted by molar-refractivity contribution is -0.123. The number of aliphatic hydroxyl groups excluding tert-OH is 1. The van der Waals surface area contributed by atoms with Crippen LogP contribution in [0.25, 0.3) is 0 Å². The second-order valence-corrected chi connectivity index (χ2v) is 2.46. The van der Waals surface area contributed by atoms with Crippen LogP contribution in [0.5, 0.6) is 0 Å². The maximum absolute atomic E-state index is 10.6. The molecule has 1 heterocycles. The van der Waals surface area contributed by atoms with Gasteiger partial charge in [-0.3, -0.25) is 15.6 Å². The summed E-state index contributed by atoms with van der Waals surface area (Å²) in [6, 6.07) is 0. The number of nitrogens with one attached hydrogen (secondary N) is 2. The summed E-state index contributed by atoms with van der Waals surface area (Å²) in [7, 11) is 0. The first kappa shape index (κ1) is 9.69. The molecule has 13 heavy (non-hydrogen) atoms. The van der Waals surface area contributed by atoms with Crippen LogP contribution < -0.4 is 10.9 Å². The Morgan fingerprint density at radius 3 is 3.08 bits per heavy atom. The van der Waals surface area contributed by atoms with E-state index in [1.54, 1.807) is 0 Å². The summed E-state index contributed by atoms with van der Waals surface area (Å²) in [6.07, 6.45) is 2.65. The standard InChI is InChI=1S/C6H7ClN4O2/c7-4-1-8-3-9-6(4)11-10-5(13)2-12/h1,3,12H,2H2,(H,10,13)(H,8,9,11). The van der Waals surface area contributed by atoms with Crippen LogP contribution in [0.4, 0.5) is 5.82 Å². The Balaban J connectivity index is 2.54. The number of amides is 1. The van der Waals surface area contributed by atoms with Crippen molar-refractivity contribution >= 4 is 23.3 Å². The molecule has 0 aliphatic rings. The lowest BCUT2D eigenvalue weighted by Crippen LogP contribution is -2.32. The average molecular weight is 203 g/mol. The van der Waals surface area contributed by atoms with Crippen LogP contribution in [0.1, 0.15) is 0 Å². The summed E-state index contributed by atoms with van der Waals surface area (Å²) in [5, 5.41) is 8.64. The van der Waals surface area contributed by atoms with Crippen LogP contribution >= 0.6 is 11.6 Å². The average Bonchev–Trinajstić information content (AvgIpc) is 2.16. The molecule has 0 aromatic carbocycles. The van der Waals surface area contributed by atoms with Gasteiger partial charge in [0, 0.05) is 0 Å². The lowest BCUT2D eigenvalue weighted by Gasteiger charge is -2.06. The molecule has 0 unspecified atom stereocenters. The first-order valence-electron chi connectivity index (χ1n) is 3.35. The monoisotopic (exact) mass is 202 g/mol. The quantitative estimate of drug-likeness (QED) is 0.579. The van der Waals surface area contributed by atoms with E-state index in [-0.39, 0.29) is 10.8 Å². The van der Waals surface area contributed by atoms with Gasteiger partial charge < -0.3 is 5.11 Å². The van der Waals surface area contributed by atoms with Crippen LogP contribution in [0.3, 0.4) is 0 Å². The van der Waals surface area contributed by atoms with Crippen molar-refractivity contribution < 1.29 is 9.90 Å². The molecule has 0 spiro atoms. The predicted octanol–water partition coefficient (Wildman–Crippen LogP) is -0.435. The van der Waals surface area contributed by atoms with E-state index < -0.39 is 12.5 Å². The van der Waals surface area contributed by atoms with E-state index in [1.807, 2.05) is 0 Å². The molecule has 0 aliphatic heterocycles. The number of hydrogen-bond acceptors (Lipinski definition) is 5. The first-order valence-corrected chi connectivity index (χ1v) is 3.73. The first-order chi connectivity index (χ1) is 6.24. The fourth-order valence-electron chi connectivity index (χ4n) is 0.573. The molecule has 1 rings (SSSR count). The molecule has 0 atom stereocenters. The third-order valence-electron chi connectivity index (χ3n) is 1.13. The van der Waals surface area contributed by atoms with Gasteiger partial charge in [-0.15, -0.1) is 0 Å². The zero-order valence-corrected chi connectivity index (χ0v) is 7.25. The molecular weight excluding hydrogens is 196 g/mol. The van der Waals surface area contributed by atoms with Gasteiger partial charge in [-0.05, 0) is 0 Å². The topological polar surface area (TPSA) is 87.1 Å². The van der Waals surface area contributed by atoms with E-state index in [0.29, 0.717) is 0 Å². The van der Waals surface area contributed by atoms with Crippen molar-refractivity contribution in [2.24, 2.45) is 0 Å². The van der Waals surface area contributed by atoms with Gasteiger partial charge in [-0.1, -0.05) is 11.6 Å². The smallest absolute Gasteiger partial charge is 0.264 e. The Hall–Kier alpha value is -1.40. The zero-order chi connectivity index (χ0) is 9.68. The van der Waals surface area contributed by atoms with Gasteiger partial charge in [0.05, 0.1) is 6.20 Å². The SMILES string of the molecule is O=C(CO)NNc1ncncc1Cl. The van der Waals surface area contributed by atoms with Gasteiger partial charge in [-0.25, -0.2) is 9.97 Å². The largest absolute Gasteiger partial charge is 0.386 e. The Morgan fingerprint density at radius 2 is 2.46 bits per heavy atom. The van der Waals surface area contributed by atoms with Crippen molar-refractivity contribution in [1.29, 1.82) is 0 Å². The molecule has 0 saturated heterocycles. The summed E-state index contributed by atoms with van der Waals surface area (Å²) in [6.45, 7) is -0.601. The number of anilines is 1. The van der Waals surface area contributed by atoms with Crippen molar-refractivity contribution in [3.05, 3.63) is 17.5 Å². The number of aromatic nitrogens is 2. The minimum absolute atomic E-state index is 0.276. The highest BCUT2D eigenvalue weighted by molar-refractivity contribution is 6.32. The fraction of sp³-hybridized carbons (Fsp3) is 0.167. The minimum Gasteiger partial charge on any atom is -0.386 e. The third-order valence-corrected chi connectivity index (χ3v) is 1.41. The number of carbonyl (C=O) groups excluding carboxylic acids is 1. The number of hydrogen-bond donors (Lipinski definition) is 3. The molecule has 1 aromatic rings. The number of aliphatic hydroxyl groups is 1. The molecule has 1 aromatic heterocycles. The van der Waals surface area contributed by atoms with Crippen molar-refractivity contribution in [1.82, 2.24) is 15.4 Å². The molecule has 0 bridgehead atoms. The Morgan fingerprint density at radius 1 is 1.69 bits per heavy atom. The maximum atomic E-state index is 10.6. The summed E-state index contributed by atoms with van der Waals surface area (Å²) in [5.74, 6) is -0.298. The van der Waals surface area contributed by atoms with Crippen molar-refractivity contribution in [2.45, 2.75) is 0 Å². The van der Waals surface area contributed by atoms with Gasteiger partial charge in [-0.2, -0.15) is 0 Å². The third kappa shape index (κ3) is 2.85. The highest BCUT2D eigenvalue weighted by atomic mass is 35.5. The number of nitrogens with zero attached hydrogens (tertiary/aromatic N) is 2. The Kier molecular flexibility index (Phi) is 3.41. The summed E-state index contributed by atoms with van der Waals surface area (Å²) >= 11 is 5.65. The normalized spacial score (nSPS) is 9.38. The summed E-state index contributed by atoms with van der Waals surface area (Å²) in [4.78, 5) is 18.0. The second-order valence-electron chi connectivity index (χ2n) is 2.05. The molecular formula is C6H7ClN4O2. The van der Waals surface area contributed by atoms with E-state index in [9.17, 15) is 4.79 Å². The minimum atomic E-state index is -0.601. The molecule has 70 valence electrons. The highest BCUT2D eigenvalue weighted by Gasteiger charge is 2.01. The fourth-order valence-corrected chi connectivity index (χ4v) is 0.725. The molecule has 3 N–H and O–H groups in total. The molecule has 6 nitrogen and oxygen atoms in total. The molecule has 7 heteroatoms. The van der Waals surface area contributed by atoms with Crippen molar-refractivity contribution in [3.8, 4) is 0 Å². The van der Waals surface area contributed by atoms with Crippen LogP contribution in [-0.2, 0) is 4.79 Å². The van der Waals surface area contributed by atoms with Gasteiger partial charge >= 0.3 is 0 Å². The van der Waals surface area contributed by atoms with Crippen LogP contribution in [0, 0.1) is 0 Å². The molecule has 0 saturated carbocycles. The Bertz CT molecular complexity index is 306. The van der Waals surface area contributed by atoms with Crippen LogP contribution in [0.15, 0.2) is 12.5 Å². The van der Waals surface area contributed by atoms with Gasteiger partial charge in [0.25, 0.3) is 5.91 Å². The highest BCUT2D eigenvalue weighted by Crippen LogP contribution is 2.14. The van der Waals surface area contributed by atoms with E-state index in [2.05, 4.69) is 20.8 Å². The summed E-state index contributed by atoms with van der Waals surface area (Å²) < 4.78 is 0. The zero-order valence-electron chi connectivity index (χ0n) is 6.49. The van der Waals surface area contributed by atoms with Crippen LogP contribution in [-0.4, -0.2) is 27.6 Å². The second kappa shape index (κ2) is 4.58. The number of hydrazine groups is 1. The summed E-state index contributed by atoms with van der Waals surface area (Å²) in [5.41, 5.74) is 4.60. The molecule has 0 fully saturated rings. The van der Waals surface area contributed by atoms with Crippen molar-refractivity contribution in [2.75, 3.05) is 12.0 Å². The Labute approximate surface area is 78.9 Å². The van der Waals surface area contributed by atoms with Gasteiger partial charge in [0.15, 0.2) is 5.82 Å². The van der Waals surface area contributed by atoms with E-state index in [0.717, 1.165) is 0 Å². The molecule has 1 amide bonds. The predicted molar refractivity (Wildman–Crippen MR) is 45.9 cm³/mol. The molecule has 0 aliphatic carbocycles. The van der Waals surface area contributed by atoms with Gasteiger partial charge in [0.1, 0.15) is 18.0 Å². The van der Waals surface area contributed by atoms with Gasteiger partial charge in [0.2, 0.25) is 0 Å². The van der Waals surface area contributed by atoms with Crippen LogP contribution in [0.2, 0.25) is 5.02 Å². The molecule has 0 radical (unpaired) electrons. The van der Waals surface area contributed by atoms with Crippen molar-refractivity contribution in [3.63, 3.8) is 0 Å². The number of rotatable bonds is 3. The van der Waals surface area contributed by atoms with E-state index in [4.69, 9.17) is 16.7 Å². The number of halogens is 1. The number of carbonyl (C=O) groups is 1. The lowest BCUT2D eigenvalue weighted by atomic mass is 10.6. The maximum Gasteiger partial charge on any atom is 0.264 e. The van der Waals surface area contributed by atoms with E-state index >= 15 is 0 Å². The van der Waals surface area contributed by atoms with E-state index in [1.165, 1.54) is 12.5 Å².